The molecule has 0 spiro atoms. The van der Waals surface area contributed by atoms with Crippen LogP contribution < -0.4 is 5.32 Å². The van der Waals surface area contributed by atoms with Gasteiger partial charge < -0.3 is 15.3 Å². The van der Waals surface area contributed by atoms with Gasteiger partial charge in [-0.3, -0.25) is 9.59 Å². The lowest BCUT2D eigenvalue weighted by molar-refractivity contribution is -0.126. The van der Waals surface area contributed by atoms with E-state index in [9.17, 15) is 18.4 Å². The maximum atomic E-state index is 13.7. The Morgan fingerprint density at radius 3 is 2.57 bits per heavy atom. The molecule has 0 unspecified atom stereocenters. The SMILES string of the molecule is O=C(NCCCO)C1CCN(C(=O)c2ccc(F)cc2F)CC1. The van der Waals surface area contributed by atoms with E-state index in [1.807, 2.05) is 0 Å². The Balaban J connectivity index is 1.88. The summed E-state index contributed by atoms with van der Waals surface area (Å²) >= 11 is 0. The van der Waals surface area contributed by atoms with Crippen molar-refractivity contribution in [2.75, 3.05) is 26.2 Å². The molecule has 0 bridgehead atoms. The van der Waals surface area contributed by atoms with Crippen LogP contribution in [0.2, 0.25) is 0 Å². The first-order chi connectivity index (χ1) is 11.0. The molecule has 7 heteroatoms. The van der Waals surface area contributed by atoms with Crippen molar-refractivity contribution in [2.45, 2.75) is 19.3 Å². The minimum absolute atomic E-state index is 0.0243. The van der Waals surface area contributed by atoms with Gasteiger partial charge in [0.2, 0.25) is 5.91 Å². The number of aliphatic hydroxyl groups is 1. The number of carbonyl (C=O) groups excluding carboxylic acids is 2. The molecule has 1 aliphatic rings. The Hall–Kier alpha value is -2.02. The van der Waals surface area contributed by atoms with Crippen LogP contribution in [0.15, 0.2) is 18.2 Å². The van der Waals surface area contributed by atoms with Crippen LogP contribution in [0.1, 0.15) is 29.6 Å². The molecule has 0 aromatic heterocycles. The zero-order valence-electron chi connectivity index (χ0n) is 12.7. The van der Waals surface area contributed by atoms with E-state index in [1.165, 1.54) is 4.90 Å². The van der Waals surface area contributed by atoms with Crippen molar-refractivity contribution in [1.29, 1.82) is 0 Å². The molecule has 0 atom stereocenters. The molecule has 0 saturated carbocycles. The molecule has 5 nitrogen and oxygen atoms in total. The normalized spacial score (nSPS) is 15.5. The minimum Gasteiger partial charge on any atom is -0.396 e. The summed E-state index contributed by atoms with van der Waals surface area (Å²) in [6.45, 7) is 1.16. The first kappa shape index (κ1) is 17.3. The second kappa shape index (κ2) is 8.01. The molecule has 1 aliphatic heterocycles. The van der Waals surface area contributed by atoms with Crippen molar-refractivity contribution in [3.63, 3.8) is 0 Å². The van der Waals surface area contributed by atoms with Crippen LogP contribution in [0, 0.1) is 17.6 Å². The number of hydrogen-bond donors (Lipinski definition) is 2. The van der Waals surface area contributed by atoms with E-state index in [2.05, 4.69) is 5.32 Å². The quantitative estimate of drug-likeness (QED) is 0.802. The maximum absolute atomic E-state index is 13.7. The number of amides is 2. The second-order valence-electron chi connectivity index (χ2n) is 5.56. The predicted molar refractivity (Wildman–Crippen MR) is 79.7 cm³/mol. The summed E-state index contributed by atoms with van der Waals surface area (Å²) in [6, 6.07) is 2.88. The molecule has 1 fully saturated rings. The Morgan fingerprint density at radius 1 is 1.26 bits per heavy atom. The van der Waals surface area contributed by atoms with Crippen molar-refractivity contribution in [3.05, 3.63) is 35.4 Å². The number of benzene rings is 1. The van der Waals surface area contributed by atoms with Gasteiger partial charge in [-0.15, -0.1) is 0 Å². The second-order valence-corrected chi connectivity index (χ2v) is 5.56. The highest BCUT2D eigenvalue weighted by atomic mass is 19.1. The third kappa shape index (κ3) is 4.48. The molecule has 1 aromatic carbocycles. The summed E-state index contributed by atoms with van der Waals surface area (Å²) in [5, 5.41) is 11.4. The molecule has 2 N–H and O–H groups in total. The standard InChI is InChI=1S/C16H20F2N2O3/c17-12-2-3-13(14(18)10-12)16(23)20-7-4-11(5-8-20)15(22)19-6-1-9-21/h2-3,10-11,21H,1,4-9H2,(H,19,22). The van der Waals surface area contributed by atoms with Crippen molar-refractivity contribution in [3.8, 4) is 0 Å². The van der Waals surface area contributed by atoms with Gasteiger partial charge in [0.1, 0.15) is 11.6 Å². The third-order valence-corrected chi connectivity index (χ3v) is 3.95. The number of rotatable bonds is 5. The number of nitrogens with zero attached hydrogens (tertiary/aromatic N) is 1. The van der Waals surface area contributed by atoms with E-state index in [0.29, 0.717) is 45.0 Å². The molecule has 2 rings (SSSR count). The van der Waals surface area contributed by atoms with E-state index >= 15 is 0 Å². The fraction of sp³-hybridized carbons (Fsp3) is 0.500. The van der Waals surface area contributed by atoms with E-state index in [0.717, 1.165) is 12.1 Å². The summed E-state index contributed by atoms with van der Waals surface area (Å²) in [4.78, 5) is 25.6. The predicted octanol–water partition coefficient (Wildman–Crippen LogP) is 1.32. The van der Waals surface area contributed by atoms with Gasteiger partial charge in [-0.25, -0.2) is 8.78 Å². The highest BCUT2D eigenvalue weighted by Crippen LogP contribution is 2.20. The van der Waals surface area contributed by atoms with Gasteiger partial charge in [0.25, 0.3) is 5.91 Å². The summed E-state index contributed by atoms with van der Waals surface area (Å²) in [7, 11) is 0. The van der Waals surface area contributed by atoms with Crippen LogP contribution >= 0.6 is 0 Å². The lowest BCUT2D eigenvalue weighted by atomic mass is 9.95. The van der Waals surface area contributed by atoms with Crippen LogP contribution in [0.3, 0.4) is 0 Å². The van der Waals surface area contributed by atoms with E-state index in [1.54, 1.807) is 0 Å². The number of hydrogen-bond acceptors (Lipinski definition) is 3. The van der Waals surface area contributed by atoms with E-state index in [-0.39, 0.29) is 24.0 Å². The van der Waals surface area contributed by atoms with E-state index < -0.39 is 17.5 Å². The first-order valence-electron chi connectivity index (χ1n) is 7.66. The van der Waals surface area contributed by atoms with Crippen LogP contribution in [-0.4, -0.2) is 48.1 Å². The van der Waals surface area contributed by atoms with Gasteiger partial charge in [-0.2, -0.15) is 0 Å². The number of aliphatic hydroxyl groups excluding tert-OH is 1. The molecular weight excluding hydrogens is 306 g/mol. The summed E-state index contributed by atoms with van der Waals surface area (Å²) in [5.74, 6) is -2.35. The highest BCUT2D eigenvalue weighted by molar-refractivity contribution is 5.94. The van der Waals surface area contributed by atoms with Gasteiger partial charge in [0.15, 0.2) is 0 Å². The average Bonchev–Trinajstić information content (AvgIpc) is 2.54. The maximum Gasteiger partial charge on any atom is 0.256 e. The van der Waals surface area contributed by atoms with Crippen molar-refractivity contribution >= 4 is 11.8 Å². The Bertz CT molecular complexity index is 572. The molecule has 2 amide bonds. The van der Waals surface area contributed by atoms with Crippen molar-refractivity contribution in [2.24, 2.45) is 5.92 Å². The number of carbonyl (C=O) groups is 2. The summed E-state index contributed by atoms with van der Waals surface area (Å²) in [6.07, 6.45) is 1.51. The van der Waals surface area contributed by atoms with E-state index in [4.69, 9.17) is 5.11 Å². The van der Waals surface area contributed by atoms with Crippen LogP contribution in [-0.2, 0) is 4.79 Å². The largest absolute Gasteiger partial charge is 0.396 e. The molecule has 23 heavy (non-hydrogen) atoms. The van der Waals surface area contributed by atoms with Crippen LogP contribution in [0.4, 0.5) is 8.78 Å². The lowest BCUT2D eigenvalue weighted by Gasteiger charge is -2.31. The van der Waals surface area contributed by atoms with Crippen molar-refractivity contribution < 1.29 is 23.5 Å². The van der Waals surface area contributed by atoms with Gasteiger partial charge >= 0.3 is 0 Å². The van der Waals surface area contributed by atoms with Gasteiger partial charge in [0, 0.05) is 38.2 Å². The number of halogens is 2. The topological polar surface area (TPSA) is 69.6 Å². The molecule has 126 valence electrons. The number of likely N-dealkylation sites (tertiary alicyclic amines) is 1. The Kier molecular flexibility index (Phi) is 6.04. The molecule has 1 saturated heterocycles. The molecule has 0 aliphatic carbocycles. The fourth-order valence-electron chi connectivity index (χ4n) is 2.61. The minimum atomic E-state index is -0.876. The van der Waals surface area contributed by atoms with Crippen molar-refractivity contribution in [1.82, 2.24) is 10.2 Å². The van der Waals surface area contributed by atoms with Gasteiger partial charge in [-0.05, 0) is 31.4 Å². The van der Waals surface area contributed by atoms with Gasteiger partial charge in [-0.1, -0.05) is 0 Å². The zero-order valence-corrected chi connectivity index (χ0v) is 12.7. The number of nitrogens with one attached hydrogen (secondary N) is 1. The Morgan fingerprint density at radius 2 is 1.96 bits per heavy atom. The third-order valence-electron chi connectivity index (χ3n) is 3.95. The Labute approximate surface area is 133 Å². The number of piperidine rings is 1. The summed E-state index contributed by atoms with van der Waals surface area (Å²) in [5.41, 5.74) is -0.155. The molecule has 1 heterocycles. The molecule has 0 radical (unpaired) electrons. The highest BCUT2D eigenvalue weighted by Gasteiger charge is 2.28. The monoisotopic (exact) mass is 326 g/mol. The molecular formula is C16H20F2N2O3. The molecule has 1 aromatic rings. The zero-order chi connectivity index (χ0) is 16.8. The lowest BCUT2D eigenvalue weighted by Crippen LogP contribution is -2.43. The first-order valence-corrected chi connectivity index (χ1v) is 7.66. The van der Waals surface area contributed by atoms with Crippen LogP contribution in [0.25, 0.3) is 0 Å². The average molecular weight is 326 g/mol. The van der Waals surface area contributed by atoms with Gasteiger partial charge in [0.05, 0.1) is 5.56 Å². The summed E-state index contributed by atoms with van der Waals surface area (Å²) < 4.78 is 26.6. The van der Waals surface area contributed by atoms with Crippen LogP contribution in [0.5, 0.6) is 0 Å². The smallest absolute Gasteiger partial charge is 0.256 e. The fourth-order valence-corrected chi connectivity index (χ4v) is 2.61.